The average molecular weight is 233 g/mol. The van der Waals surface area contributed by atoms with E-state index in [0.717, 1.165) is 11.1 Å². The molecule has 15 heavy (non-hydrogen) atoms. The SMILES string of the molecule is C#Cc1cc(Cl)cc(-c2ccc(C)s2)c1. The molecule has 1 aromatic heterocycles. The molecule has 2 heteroatoms. The fraction of sp³-hybridized carbons (Fsp3) is 0.0769. The smallest absolute Gasteiger partial charge is 0.0424 e. The molecule has 0 saturated carbocycles. The van der Waals surface area contributed by atoms with Gasteiger partial charge in [-0.3, -0.25) is 0 Å². The highest BCUT2D eigenvalue weighted by molar-refractivity contribution is 7.15. The first-order valence-corrected chi connectivity index (χ1v) is 5.72. The molecule has 0 unspecified atom stereocenters. The number of hydrogen-bond acceptors (Lipinski definition) is 1. The van der Waals surface area contributed by atoms with E-state index >= 15 is 0 Å². The van der Waals surface area contributed by atoms with Crippen LogP contribution in [0.5, 0.6) is 0 Å². The normalized spacial score (nSPS) is 9.93. The number of thiophene rings is 1. The van der Waals surface area contributed by atoms with Crippen molar-refractivity contribution in [2.45, 2.75) is 6.92 Å². The molecule has 0 aliphatic heterocycles. The Balaban J connectivity index is 2.54. The van der Waals surface area contributed by atoms with Crippen molar-refractivity contribution in [3.8, 4) is 22.8 Å². The van der Waals surface area contributed by atoms with Crippen molar-refractivity contribution in [3.05, 3.63) is 45.8 Å². The van der Waals surface area contributed by atoms with Crippen molar-refractivity contribution in [3.63, 3.8) is 0 Å². The van der Waals surface area contributed by atoms with E-state index in [-0.39, 0.29) is 0 Å². The Morgan fingerprint density at radius 2 is 2.07 bits per heavy atom. The highest BCUT2D eigenvalue weighted by Crippen LogP contribution is 2.30. The molecule has 2 rings (SSSR count). The van der Waals surface area contributed by atoms with Gasteiger partial charge in [0, 0.05) is 20.3 Å². The first-order valence-electron chi connectivity index (χ1n) is 4.53. The molecule has 0 fully saturated rings. The van der Waals surface area contributed by atoms with Gasteiger partial charge in [-0.2, -0.15) is 0 Å². The fourth-order valence-corrected chi connectivity index (χ4v) is 2.49. The average Bonchev–Trinajstić information content (AvgIpc) is 2.64. The minimum Gasteiger partial charge on any atom is -0.141 e. The molecule has 1 heterocycles. The van der Waals surface area contributed by atoms with Gasteiger partial charge in [0.2, 0.25) is 0 Å². The quantitative estimate of drug-likeness (QED) is 0.641. The molecule has 0 spiro atoms. The number of aryl methyl sites for hydroxylation is 1. The van der Waals surface area contributed by atoms with Crippen LogP contribution in [-0.4, -0.2) is 0 Å². The number of terminal acetylenes is 1. The van der Waals surface area contributed by atoms with E-state index in [1.165, 1.54) is 9.75 Å². The lowest BCUT2D eigenvalue weighted by atomic mass is 10.1. The molecule has 0 nitrogen and oxygen atoms in total. The van der Waals surface area contributed by atoms with Gasteiger partial charge in [-0.25, -0.2) is 0 Å². The second-order valence-corrected chi connectivity index (χ2v) is 5.01. The molecular weight excluding hydrogens is 224 g/mol. The van der Waals surface area contributed by atoms with Gasteiger partial charge in [-0.15, -0.1) is 17.8 Å². The highest BCUT2D eigenvalue weighted by Gasteiger charge is 2.03. The monoisotopic (exact) mass is 232 g/mol. The Kier molecular flexibility index (Phi) is 2.81. The molecular formula is C13H9ClS. The summed E-state index contributed by atoms with van der Waals surface area (Å²) in [6, 6.07) is 9.90. The molecule has 0 N–H and O–H groups in total. The molecule has 0 saturated heterocycles. The van der Waals surface area contributed by atoms with E-state index in [4.69, 9.17) is 18.0 Å². The van der Waals surface area contributed by atoms with Gasteiger partial charge >= 0.3 is 0 Å². The topological polar surface area (TPSA) is 0 Å². The van der Waals surface area contributed by atoms with Crippen LogP contribution < -0.4 is 0 Å². The molecule has 0 bridgehead atoms. The van der Waals surface area contributed by atoms with Crippen LogP contribution in [0.15, 0.2) is 30.3 Å². The third-order valence-electron chi connectivity index (χ3n) is 2.09. The Bertz CT molecular complexity index is 532. The second-order valence-electron chi connectivity index (χ2n) is 3.28. The summed E-state index contributed by atoms with van der Waals surface area (Å²) in [7, 11) is 0. The highest BCUT2D eigenvalue weighted by atomic mass is 35.5. The van der Waals surface area contributed by atoms with Crippen molar-refractivity contribution in [1.82, 2.24) is 0 Å². The minimum atomic E-state index is 0.687. The van der Waals surface area contributed by atoms with Crippen molar-refractivity contribution in [1.29, 1.82) is 0 Å². The van der Waals surface area contributed by atoms with Crippen LogP contribution in [-0.2, 0) is 0 Å². The first kappa shape index (κ1) is 10.3. The molecule has 74 valence electrons. The summed E-state index contributed by atoms with van der Waals surface area (Å²) in [6.45, 7) is 2.08. The van der Waals surface area contributed by atoms with Crippen LogP contribution in [0.25, 0.3) is 10.4 Å². The summed E-state index contributed by atoms with van der Waals surface area (Å²) < 4.78 is 0. The Labute approximate surface area is 98.5 Å². The number of hydrogen-bond donors (Lipinski definition) is 0. The lowest BCUT2D eigenvalue weighted by Crippen LogP contribution is -1.77. The summed E-state index contributed by atoms with van der Waals surface area (Å²) in [4.78, 5) is 2.48. The van der Waals surface area contributed by atoms with E-state index < -0.39 is 0 Å². The largest absolute Gasteiger partial charge is 0.141 e. The maximum absolute atomic E-state index is 5.99. The zero-order valence-corrected chi connectivity index (χ0v) is 9.82. The summed E-state index contributed by atoms with van der Waals surface area (Å²) >= 11 is 7.74. The predicted molar refractivity (Wildman–Crippen MR) is 67.4 cm³/mol. The minimum absolute atomic E-state index is 0.687. The van der Waals surface area contributed by atoms with Gasteiger partial charge in [0.15, 0.2) is 0 Å². The van der Waals surface area contributed by atoms with Gasteiger partial charge in [0.1, 0.15) is 0 Å². The third-order valence-corrected chi connectivity index (χ3v) is 3.36. The summed E-state index contributed by atoms with van der Waals surface area (Å²) in [5.41, 5.74) is 1.91. The van der Waals surface area contributed by atoms with Gasteiger partial charge in [-0.05, 0) is 42.8 Å². The molecule has 0 radical (unpaired) electrons. The summed E-state index contributed by atoms with van der Waals surface area (Å²) in [5, 5.41) is 0.687. The van der Waals surface area contributed by atoms with E-state index in [1.807, 2.05) is 12.1 Å². The maximum Gasteiger partial charge on any atom is 0.0424 e. The molecule has 0 amide bonds. The first-order chi connectivity index (χ1) is 7.19. The van der Waals surface area contributed by atoms with Crippen LogP contribution in [0.3, 0.4) is 0 Å². The Hall–Kier alpha value is -1.23. The summed E-state index contributed by atoms with van der Waals surface area (Å²) in [6.07, 6.45) is 5.37. The van der Waals surface area contributed by atoms with E-state index in [9.17, 15) is 0 Å². The third kappa shape index (κ3) is 2.23. The fourth-order valence-electron chi connectivity index (χ4n) is 1.40. The Morgan fingerprint density at radius 3 is 2.67 bits per heavy atom. The molecule has 2 aromatic rings. The van der Waals surface area contributed by atoms with E-state index in [1.54, 1.807) is 17.4 Å². The Morgan fingerprint density at radius 1 is 1.27 bits per heavy atom. The van der Waals surface area contributed by atoms with Gasteiger partial charge in [-0.1, -0.05) is 17.5 Å². The predicted octanol–water partition coefficient (Wildman–Crippen LogP) is 4.36. The van der Waals surface area contributed by atoms with Gasteiger partial charge in [0.25, 0.3) is 0 Å². The molecule has 0 atom stereocenters. The van der Waals surface area contributed by atoms with Gasteiger partial charge in [0.05, 0.1) is 0 Å². The maximum atomic E-state index is 5.99. The molecule has 1 aromatic carbocycles. The number of rotatable bonds is 1. The number of halogens is 1. The van der Waals surface area contributed by atoms with E-state index in [2.05, 4.69) is 25.0 Å². The number of benzene rings is 1. The van der Waals surface area contributed by atoms with Crippen molar-refractivity contribution >= 4 is 22.9 Å². The van der Waals surface area contributed by atoms with Crippen molar-refractivity contribution < 1.29 is 0 Å². The lowest BCUT2D eigenvalue weighted by Gasteiger charge is -2.00. The molecule has 0 aliphatic carbocycles. The zero-order chi connectivity index (χ0) is 10.8. The van der Waals surface area contributed by atoms with Crippen LogP contribution in [0.4, 0.5) is 0 Å². The van der Waals surface area contributed by atoms with Crippen LogP contribution in [0.2, 0.25) is 5.02 Å². The lowest BCUT2D eigenvalue weighted by molar-refractivity contribution is 1.63. The molecule has 0 aliphatic rings. The van der Waals surface area contributed by atoms with Crippen molar-refractivity contribution in [2.24, 2.45) is 0 Å². The zero-order valence-electron chi connectivity index (χ0n) is 8.25. The standard InChI is InChI=1S/C13H9ClS/c1-3-10-6-11(8-12(14)7-10)13-5-4-9(2)15-13/h1,4-8H,2H3. The summed E-state index contributed by atoms with van der Waals surface area (Å²) in [5.74, 6) is 2.60. The van der Waals surface area contributed by atoms with Crippen molar-refractivity contribution in [2.75, 3.05) is 0 Å². The van der Waals surface area contributed by atoms with E-state index in [0.29, 0.717) is 5.02 Å². The van der Waals surface area contributed by atoms with Crippen LogP contribution in [0.1, 0.15) is 10.4 Å². The van der Waals surface area contributed by atoms with Gasteiger partial charge < -0.3 is 0 Å². The second kappa shape index (κ2) is 4.10. The van der Waals surface area contributed by atoms with Crippen LogP contribution in [0, 0.1) is 19.3 Å². The van der Waals surface area contributed by atoms with Crippen LogP contribution >= 0.6 is 22.9 Å².